The largest absolute Gasteiger partial charge is 0.485 e. The van der Waals surface area contributed by atoms with Gasteiger partial charge >= 0.3 is 0 Å². The number of fused-ring (bicyclic) bond motifs is 2. The maximum atomic E-state index is 6.60. The number of hydrogen-bond acceptors (Lipinski definition) is 3. The van der Waals surface area contributed by atoms with Crippen molar-refractivity contribution in [3.63, 3.8) is 0 Å². The highest BCUT2D eigenvalue weighted by atomic mass is 16.7. The quantitative estimate of drug-likeness (QED) is 0.610. The van der Waals surface area contributed by atoms with Gasteiger partial charge in [-0.3, -0.25) is 0 Å². The number of benzene rings is 2. The van der Waals surface area contributed by atoms with E-state index in [1.807, 2.05) is 18.2 Å². The lowest BCUT2D eigenvalue weighted by molar-refractivity contribution is 0.116. The number of hydrogen-bond donors (Lipinski definition) is 0. The smallest absolute Gasteiger partial charge is 0.231 e. The summed E-state index contributed by atoms with van der Waals surface area (Å²) in [5.41, 5.74) is 2.83. The van der Waals surface area contributed by atoms with Gasteiger partial charge in [-0.2, -0.15) is 0 Å². The molecule has 28 heavy (non-hydrogen) atoms. The third-order valence-corrected chi connectivity index (χ3v) is 6.98. The summed E-state index contributed by atoms with van der Waals surface area (Å²) in [7, 11) is 0. The summed E-state index contributed by atoms with van der Waals surface area (Å²) in [4.78, 5) is 0. The van der Waals surface area contributed by atoms with Crippen molar-refractivity contribution < 1.29 is 14.2 Å². The second-order valence-corrected chi connectivity index (χ2v) is 8.76. The van der Waals surface area contributed by atoms with Gasteiger partial charge in [0.15, 0.2) is 11.5 Å². The van der Waals surface area contributed by atoms with E-state index in [9.17, 15) is 0 Å². The van der Waals surface area contributed by atoms with Crippen LogP contribution < -0.4 is 14.2 Å². The van der Waals surface area contributed by atoms with Crippen molar-refractivity contribution in [2.24, 2.45) is 17.8 Å². The molecule has 1 aliphatic heterocycles. The molecule has 0 N–H and O–H groups in total. The lowest BCUT2D eigenvalue weighted by Crippen LogP contribution is -2.22. The van der Waals surface area contributed by atoms with Crippen molar-refractivity contribution in [3.8, 4) is 17.2 Å². The normalized spacial score (nSPS) is 28.2. The fourth-order valence-corrected chi connectivity index (χ4v) is 5.52. The zero-order chi connectivity index (χ0) is 18.9. The van der Waals surface area contributed by atoms with Crippen molar-refractivity contribution in [3.05, 3.63) is 53.6 Å². The van der Waals surface area contributed by atoms with Crippen molar-refractivity contribution in [2.45, 2.75) is 58.0 Å². The van der Waals surface area contributed by atoms with Crippen molar-refractivity contribution in [1.29, 1.82) is 0 Å². The summed E-state index contributed by atoms with van der Waals surface area (Å²) in [5, 5.41) is 0. The molecule has 4 atom stereocenters. The molecule has 0 aromatic heterocycles. The van der Waals surface area contributed by atoms with Crippen LogP contribution in [-0.4, -0.2) is 6.79 Å². The Kier molecular flexibility index (Phi) is 4.92. The predicted octanol–water partition coefficient (Wildman–Crippen LogP) is 6.31. The number of ether oxygens (including phenoxy) is 3. The van der Waals surface area contributed by atoms with E-state index in [1.54, 1.807) is 0 Å². The topological polar surface area (TPSA) is 27.7 Å². The van der Waals surface area contributed by atoms with E-state index < -0.39 is 0 Å². The molecule has 2 aromatic carbocycles. The van der Waals surface area contributed by atoms with E-state index >= 15 is 0 Å². The molecule has 3 aliphatic rings. The van der Waals surface area contributed by atoms with Crippen LogP contribution in [-0.2, 0) is 6.42 Å². The molecule has 3 heteroatoms. The molecule has 1 saturated carbocycles. The minimum absolute atomic E-state index is 0.138. The summed E-state index contributed by atoms with van der Waals surface area (Å²) in [5.74, 6) is 4.81. The van der Waals surface area contributed by atoms with Gasteiger partial charge in [0.25, 0.3) is 0 Å². The summed E-state index contributed by atoms with van der Waals surface area (Å²) in [6.45, 7) is 2.65. The average Bonchev–Trinajstić information content (AvgIpc) is 3.33. The van der Waals surface area contributed by atoms with E-state index in [2.05, 4.69) is 31.2 Å². The molecule has 5 rings (SSSR count). The third kappa shape index (κ3) is 3.47. The highest BCUT2D eigenvalue weighted by Crippen LogP contribution is 2.46. The van der Waals surface area contributed by atoms with Crippen LogP contribution in [0.3, 0.4) is 0 Å². The Morgan fingerprint density at radius 3 is 2.79 bits per heavy atom. The molecule has 0 radical (unpaired) electrons. The predicted molar refractivity (Wildman–Crippen MR) is 110 cm³/mol. The molecule has 0 amide bonds. The molecule has 1 heterocycles. The van der Waals surface area contributed by atoms with E-state index in [0.717, 1.165) is 35.5 Å². The van der Waals surface area contributed by atoms with Crippen LogP contribution in [0.15, 0.2) is 42.5 Å². The molecule has 2 aliphatic carbocycles. The van der Waals surface area contributed by atoms with Crippen LogP contribution in [0.2, 0.25) is 0 Å². The fraction of sp³-hybridized carbons (Fsp3) is 0.520. The fourth-order valence-electron chi connectivity index (χ4n) is 5.52. The van der Waals surface area contributed by atoms with Crippen LogP contribution in [0.1, 0.15) is 62.7 Å². The maximum absolute atomic E-state index is 6.60. The first-order chi connectivity index (χ1) is 13.8. The molecule has 148 valence electrons. The summed E-state index contributed by atoms with van der Waals surface area (Å²) >= 11 is 0. The van der Waals surface area contributed by atoms with Crippen LogP contribution in [0, 0.1) is 17.8 Å². The Bertz CT molecular complexity index is 830. The van der Waals surface area contributed by atoms with E-state index in [4.69, 9.17) is 14.2 Å². The second-order valence-electron chi connectivity index (χ2n) is 8.76. The van der Waals surface area contributed by atoms with Gasteiger partial charge in [-0.25, -0.2) is 0 Å². The zero-order valence-corrected chi connectivity index (χ0v) is 16.7. The van der Waals surface area contributed by atoms with Crippen LogP contribution in [0.4, 0.5) is 0 Å². The minimum atomic E-state index is 0.138. The third-order valence-electron chi connectivity index (χ3n) is 6.98. The molecule has 3 nitrogen and oxygen atoms in total. The molecular weight excluding hydrogens is 348 g/mol. The van der Waals surface area contributed by atoms with Crippen molar-refractivity contribution in [2.75, 3.05) is 6.79 Å². The van der Waals surface area contributed by atoms with Crippen molar-refractivity contribution >= 4 is 0 Å². The molecule has 0 bridgehead atoms. The van der Waals surface area contributed by atoms with Crippen LogP contribution in [0.5, 0.6) is 17.2 Å². The Labute approximate surface area is 168 Å². The summed E-state index contributed by atoms with van der Waals surface area (Å²) in [6, 6.07) is 14.8. The van der Waals surface area contributed by atoms with Crippen molar-refractivity contribution in [1.82, 2.24) is 0 Å². The first-order valence-electron chi connectivity index (χ1n) is 10.9. The second kappa shape index (κ2) is 7.69. The summed E-state index contributed by atoms with van der Waals surface area (Å²) in [6.07, 6.45) is 9.50. The van der Waals surface area contributed by atoms with E-state index in [0.29, 0.717) is 12.7 Å². The first kappa shape index (κ1) is 17.9. The number of rotatable bonds is 5. The van der Waals surface area contributed by atoms with E-state index in [-0.39, 0.29) is 6.10 Å². The lowest BCUT2D eigenvalue weighted by atomic mass is 9.75. The summed E-state index contributed by atoms with van der Waals surface area (Å²) < 4.78 is 17.6. The Balaban J connectivity index is 1.36. The Morgan fingerprint density at radius 1 is 1.00 bits per heavy atom. The molecule has 2 aromatic rings. The maximum Gasteiger partial charge on any atom is 0.231 e. The molecule has 0 saturated heterocycles. The molecule has 4 unspecified atom stereocenters. The lowest BCUT2D eigenvalue weighted by Gasteiger charge is -2.32. The van der Waals surface area contributed by atoms with E-state index in [1.165, 1.54) is 49.7 Å². The molecular formula is C25H30O3. The Morgan fingerprint density at radius 2 is 1.86 bits per heavy atom. The standard InChI is InChI=1S/C25H30O3/c1-2-17-6-5-7-18(12-17)13-20-14-19-8-3-4-9-22(19)25(20)28-21-10-11-23-24(15-21)27-16-26-23/h3-4,8-11,15,17-18,20,25H,2,5-7,12-14,16H2,1H3. The van der Waals surface area contributed by atoms with Crippen LogP contribution >= 0.6 is 0 Å². The highest BCUT2D eigenvalue weighted by Gasteiger charge is 2.36. The van der Waals surface area contributed by atoms with Gasteiger partial charge in [0.1, 0.15) is 11.9 Å². The van der Waals surface area contributed by atoms with Crippen LogP contribution in [0.25, 0.3) is 0 Å². The monoisotopic (exact) mass is 378 g/mol. The molecule has 0 spiro atoms. The van der Waals surface area contributed by atoms with Gasteiger partial charge in [0.05, 0.1) is 0 Å². The van der Waals surface area contributed by atoms with Gasteiger partial charge in [0.2, 0.25) is 6.79 Å². The van der Waals surface area contributed by atoms with Gasteiger partial charge in [-0.15, -0.1) is 0 Å². The Hall–Kier alpha value is -2.16. The minimum Gasteiger partial charge on any atom is -0.485 e. The first-order valence-corrected chi connectivity index (χ1v) is 10.9. The van der Waals surface area contributed by atoms with Gasteiger partial charge < -0.3 is 14.2 Å². The highest BCUT2D eigenvalue weighted by molar-refractivity contribution is 5.47. The SMILES string of the molecule is CCC1CCCC(CC2Cc3ccccc3C2Oc2ccc3c(c2)OCO3)C1. The van der Waals surface area contributed by atoms with Gasteiger partial charge in [-0.05, 0) is 54.4 Å². The average molecular weight is 379 g/mol. The van der Waals surface area contributed by atoms with Gasteiger partial charge in [-0.1, -0.05) is 56.9 Å². The zero-order valence-electron chi connectivity index (χ0n) is 16.7. The van der Waals surface area contributed by atoms with Gasteiger partial charge in [0, 0.05) is 12.0 Å². The molecule has 1 fully saturated rings.